The van der Waals surface area contributed by atoms with Gasteiger partial charge in [-0.1, -0.05) is 0 Å². The maximum absolute atomic E-state index is 6.09. The fraction of sp³-hybridized carbons (Fsp3) is 0.667. The molecule has 0 saturated heterocycles. The van der Waals surface area contributed by atoms with E-state index in [-0.39, 0.29) is 0 Å². The summed E-state index contributed by atoms with van der Waals surface area (Å²) in [6.07, 6.45) is 6.25. The van der Waals surface area contributed by atoms with Crippen molar-refractivity contribution in [2.24, 2.45) is 0 Å². The molecule has 1 N–H and O–H groups in total. The van der Waals surface area contributed by atoms with Gasteiger partial charge in [0.2, 0.25) is 0 Å². The lowest BCUT2D eigenvalue weighted by molar-refractivity contribution is 0.467. The Morgan fingerprint density at radius 2 is 1.94 bits per heavy atom. The van der Waals surface area contributed by atoms with Gasteiger partial charge in [0, 0.05) is 17.6 Å². The summed E-state index contributed by atoms with van der Waals surface area (Å²) in [6.45, 7) is 3.95. The van der Waals surface area contributed by atoms with Crippen LogP contribution in [0.4, 0.5) is 5.82 Å². The van der Waals surface area contributed by atoms with Crippen molar-refractivity contribution >= 4 is 17.4 Å². The van der Waals surface area contributed by atoms with E-state index in [0.29, 0.717) is 11.4 Å². The Balaban J connectivity index is 2.00. The highest BCUT2D eigenvalue weighted by Crippen LogP contribution is 2.25. The fourth-order valence-electron chi connectivity index (χ4n) is 2.06. The van der Waals surface area contributed by atoms with Gasteiger partial charge >= 0.3 is 0 Å². The van der Waals surface area contributed by atoms with Crippen molar-refractivity contribution in [3.8, 4) is 0 Å². The first-order valence-electron chi connectivity index (χ1n) is 5.86. The third-order valence-electron chi connectivity index (χ3n) is 3.07. The van der Waals surface area contributed by atoms with Gasteiger partial charge in [-0.05, 0) is 39.5 Å². The second-order valence-electron chi connectivity index (χ2n) is 4.54. The molecule has 0 bridgehead atoms. The van der Waals surface area contributed by atoms with Crippen LogP contribution in [0.25, 0.3) is 0 Å². The number of halogens is 1. The van der Waals surface area contributed by atoms with Crippen molar-refractivity contribution < 1.29 is 0 Å². The Hall–Kier alpha value is -0.830. The Kier molecular flexibility index (Phi) is 3.64. The highest BCUT2D eigenvalue weighted by molar-refractivity contribution is 6.20. The summed E-state index contributed by atoms with van der Waals surface area (Å²) in [6, 6.07) is 0.504. The number of nitrogens with one attached hydrogen (secondary N) is 1. The molecular formula is C12H18ClN3. The molecular weight excluding hydrogens is 222 g/mol. The van der Waals surface area contributed by atoms with Crippen LogP contribution in [-0.2, 0) is 0 Å². The molecule has 0 spiro atoms. The van der Waals surface area contributed by atoms with E-state index in [1.807, 2.05) is 13.8 Å². The zero-order valence-corrected chi connectivity index (χ0v) is 10.6. The molecule has 0 aromatic carbocycles. The Bertz CT molecular complexity index is 359. The van der Waals surface area contributed by atoms with Crippen LogP contribution >= 0.6 is 11.6 Å². The Morgan fingerprint density at radius 3 is 2.62 bits per heavy atom. The highest BCUT2D eigenvalue weighted by Gasteiger charge is 2.20. The van der Waals surface area contributed by atoms with Gasteiger partial charge < -0.3 is 5.32 Å². The van der Waals surface area contributed by atoms with E-state index >= 15 is 0 Å². The second kappa shape index (κ2) is 5.00. The third-order valence-corrected chi connectivity index (χ3v) is 3.51. The predicted octanol–water partition coefficient (Wildman–Crippen LogP) is 3.06. The third kappa shape index (κ3) is 2.85. The smallest absolute Gasteiger partial charge is 0.147 e. The lowest BCUT2D eigenvalue weighted by Crippen LogP contribution is -2.27. The van der Waals surface area contributed by atoms with Crippen molar-refractivity contribution in [2.75, 3.05) is 5.32 Å². The monoisotopic (exact) mass is 239 g/mol. The second-order valence-corrected chi connectivity index (χ2v) is 5.16. The molecule has 1 fully saturated rings. The van der Waals surface area contributed by atoms with Gasteiger partial charge in [0.05, 0.1) is 11.4 Å². The minimum absolute atomic E-state index is 0.364. The van der Waals surface area contributed by atoms with Crippen LogP contribution < -0.4 is 5.32 Å². The number of aryl methyl sites for hydroxylation is 2. The summed E-state index contributed by atoms with van der Waals surface area (Å²) in [4.78, 5) is 8.79. The molecule has 1 aliphatic rings. The first-order valence-corrected chi connectivity index (χ1v) is 6.29. The topological polar surface area (TPSA) is 37.8 Å². The number of hydrogen-bond donors (Lipinski definition) is 1. The number of hydrogen-bond acceptors (Lipinski definition) is 3. The van der Waals surface area contributed by atoms with E-state index < -0.39 is 0 Å². The molecule has 2 rings (SSSR count). The molecule has 1 saturated carbocycles. The van der Waals surface area contributed by atoms with Crippen molar-refractivity contribution in [1.29, 1.82) is 0 Å². The average molecular weight is 240 g/mol. The van der Waals surface area contributed by atoms with Crippen molar-refractivity contribution in [3.63, 3.8) is 0 Å². The molecule has 1 aliphatic carbocycles. The van der Waals surface area contributed by atoms with Crippen LogP contribution in [-0.4, -0.2) is 21.4 Å². The largest absolute Gasteiger partial charge is 0.366 e. The predicted molar refractivity (Wildman–Crippen MR) is 67.0 cm³/mol. The first-order chi connectivity index (χ1) is 7.65. The van der Waals surface area contributed by atoms with E-state index in [4.69, 9.17) is 11.6 Å². The van der Waals surface area contributed by atoms with Crippen LogP contribution in [0.3, 0.4) is 0 Å². The lowest BCUT2D eigenvalue weighted by atomic mass is 9.95. The lowest BCUT2D eigenvalue weighted by Gasteiger charge is -2.26. The van der Waals surface area contributed by atoms with Crippen LogP contribution in [0.15, 0.2) is 6.20 Å². The van der Waals surface area contributed by atoms with Crippen LogP contribution in [0, 0.1) is 13.8 Å². The molecule has 0 amide bonds. The summed E-state index contributed by atoms with van der Waals surface area (Å²) in [5.41, 5.74) is 1.93. The summed E-state index contributed by atoms with van der Waals surface area (Å²) in [7, 11) is 0. The van der Waals surface area contributed by atoms with Crippen LogP contribution in [0.5, 0.6) is 0 Å². The Morgan fingerprint density at radius 1 is 1.25 bits per heavy atom. The maximum atomic E-state index is 6.09. The zero-order valence-electron chi connectivity index (χ0n) is 9.83. The minimum Gasteiger partial charge on any atom is -0.366 e. The fourth-order valence-corrected chi connectivity index (χ4v) is 2.32. The van der Waals surface area contributed by atoms with Gasteiger partial charge in [-0.25, -0.2) is 4.98 Å². The average Bonchev–Trinajstić information content (AvgIpc) is 2.27. The van der Waals surface area contributed by atoms with E-state index in [1.165, 1.54) is 0 Å². The molecule has 1 aromatic heterocycles. The van der Waals surface area contributed by atoms with Gasteiger partial charge in [-0.15, -0.1) is 11.6 Å². The van der Waals surface area contributed by atoms with Crippen molar-refractivity contribution in [3.05, 3.63) is 17.6 Å². The molecule has 0 atom stereocenters. The number of aromatic nitrogens is 2. The summed E-state index contributed by atoms with van der Waals surface area (Å²) in [5.74, 6) is 0.929. The SMILES string of the molecule is Cc1cnc(C)c(NC2CCC(Cl)CC2)n1. The molecule has 0 aliphatic heterocycles. The molecule has 1 heterocycles. The summed E-state index contributed by atoms with van der Waals surface area (Å²) < 4.78 is 0. The van der Waals surface area contributed by atoms with Gasteiger partial charge in [0.25, 0.3) is 0 Å². The summed E-state index contributed by atoms with van der Waals surface area (Å²) >= 11 is 6.09. The van der Waals surface area contributed by atoms with Gasteiger partial charge in [-0.2, -0.15) is 0 Å². The molecule has 4 heteroatoms. The molecule has 0 unspecified atom stereocenters. The standard InChI is InChI=1S/C12H18ClN3/c1-8-7-14-9(2)12(15-8)16-11-5-3-10(13)4-6-11/h7,10-11H,3-6H2,1-2H3,(H,15,16). The number of rotatable bonds is 2. The van der Waals surface area contributed by atoms with E-state index in [2.05, 4.69) is 15.3 Å². The highest BCUT2D eigenvalue weighted by atomic mass is 35.5. The normalized spacial score (nSPS) is 25.4. The molecule has 1 aromatic rings. The van der Waals surface area contributed by atoms with Gasteiger partial charge in [-0.3, -0.25) is 4.98 Å². The van der Waals surface area contributed by atoms with Crippen molar-refractivity contribution in [1.82, 2.24) is 9.97 Å². The number of nitrogens with zero attached hydrogens (tertiary/aromatic N) is 2. The van der Waals surface area contributed by atoms with Crippen molar-refractivity contribution in [2.45, 2.75) is 50.9 Å². The zero-order chi connectivity index (χ0) is 11.5. The van der Waals surface area contributed by atoms with E-state index in [1.54, 1.807) is 6.20 Å². The van der Waals surface area contributed by atoms with E-state index in [0.717, 1.165) is 42.9 Å². The molecule has 16 heavy (non-hydrogen) atoms. The molecule has 88 valence electrons. The Labute approximate surface area is 102 Å². The quantitative estimate of drug-likeness (QED) is 0.807. The van der Waals surface area contributed by atoms with Gasteiger partial charge in [0.15, 0.2) is 0 Å². The maximum Gasteiger partial charge on any atom is 0.147 e. The summed E-state index contributed by atoms with van der Waals surface area (Å²) in [5, 5.41) is 3.84. The molecule has 0 radical (unpaired) electrons. The van der Waals surface area contributed by atoms with Crippen LogP contribution in [0.1, 0.15) is 37.1 Å². The van der Waals surface area contributed by atoms with Crippen LogP contribution in [0.2, 0.25) is 0 Å². The first kappa shape index (κ1) is 11.6. The van der Waals surface area contributed by atoms with E-state index in [9.17, 15) is 0 Å². The molecule has 3 nitrogen and oxygen atoms in total. The van der Waals surface area contributed by atoms with Gasteiger partial charge in [0.1, 0.15) is 5.82 Å². The number of alkyl halides is 1. The number of anilines is 1. The minimum atomic E-state index is 0.364.